The highest BCUT2D eigenvalue weighted by atomic mass is 19.1. The number of amides is 2. The van der Waals surface area contributed by atoms with Gasteiger partial charge in [-0.05, 0) is 37.1 Å². The third-order valence-electron chi connectivity index (χ3n) is 3.32. The number of carbonyl (C=O) groups excluding carboxylic acids is 1. The number of halogens is 1. The van der Waals surface area contributed by atoms with Gasteiger partial charge in [-0.1, -0.05) is 35.9 Å². The molecule has 0 saturated heterocycles. The number of hydrogen-bond donors (Lipinski definition) is 2. The minimum atomic E-state index is -0.283. The molecule has 0 fully saturated rings. The summed E-state index contributed by atoms with van der Waals surface area (Å²) in [6.07, 6.45) is 0.458. The van der Waals surface area contributed by atoms with E-state index in [0.717, 1.165) is 5.75 Å². The first-order chi connectivity index (χ1) is 11.1. The zero-order valence-electron chi connectivity index (χ0n) is 13.1. The van der Waals surface area contributed by atoms with Crippen molar-refractivity contribution >= 4 is 6.03 Å². The highest BCUT2D eigenvalue weighted by Gasteiger charge is 2.03. The van der Waals surface area contributed by atoms with Crippen LogP contribution in [0.3, 0.4) is 0 Å². The van der Waals surface area contributed by atoms with Crippen LogP contribution in [-0.4, -0.2) is 25.7 Å². The van der Waals surface area contributed by atoms with Crippen molar-refractivity contribution in [1.29, 1.82) is 0 Å². The number of urea groups is 1. The molecule has 2 N–H and O–H groups in total. The first kappa shape index (κ1) is 16.8. The Kier molecular flexibility index (Phi) is 6.41. The maximum Gasteiger partial charge on any atom is 0.314 e. The second-order valence-electron chi connectivity index (χ2n) is 5.19. The van der Waals surface area contributed by atoms with Gasteiger partial charge in [-0.3, -0.25) is 0 Å². The van der Waals surface area contributed by atoms with Crippen molar-refractivity contribution in [2.24, 2.45) is 0 Å². The highest BCUT2D eigenvalue weighted by Crippen LogP contribution is 2.10. The van der Waals surface area contributed by atoms with E-state index in [-0.39, 0.29) is 11.8 Å². The fourth-order valence-electron chi connectivity index (χ4n) is 2.04. The number of benzene rings is 2. The van der Waals surface area contributed by atoms with Crippen molar-refractivity contribution in [2.75, 3.05) is 19.7 Å². The van der Waals surface area contributed by atoms with Gasteiger partial charge in [-0.2, -0.15) is 0 Å². The van der Waals surface area contributed by atoms with Gasteiger partial charge in [-0.15, -0.1) is 0 Å². The summed E-state index contributed by atoms with van der Waals surface area (Å²) in [5.74, 6) is 0.526. The summed E-state index contributed by atoms with van der Waals surface area (Å²) >= 11 is 0. The van der Waals surface area contributed by atoms with Gasteiger partial charge in [0.25, 0.3) is 0 Å². The molecule has 0 aromatic heterocycles. The molecule has 2 aromatic rings. The smallest absolute Gasteiger partial charge is 0.314 e. The van der Waals surface area contributed by atoms with E-state index in [2.05, 4.69) is 10.6 Å². The number of ether oxygens (including phenoxy) is 1. The number of carbonyl (C=O) groups is 1. The molecular weight excluding hydrogens is 295 g/mol. The van der Waals surface area contributed by atoms with Crippen LogP contribution in [0, 0.1) is 12.7 Å². The average Bonchev–Trinajstić information content (AvgIpc) is 2.55. The van der Waals surface area contributed by atoms with Crippen LogP contribution >= 0.6 is 0 Å². The molecule has 2 rings (SSSR count). The van der Waals surface area contributed by atoms with Crippen LogP contribution in [0.2, 0.25) is 0 Å². The first-order valence-corrected chi connectivity index (χ1v) is 7.60. The average molecular weight is 316 g/mol. The molecule has 0 atom stereocenters. The van der Waals surface area contributed by atoms with Crippen molar-refractivity contribution in [3.8, 4) is 5.75 Å². The van der Waals surface area contributed by atoms with Crippen LogP contribution in [0.4, 0.5) is 9.18 Å². The van der Waals surface area contributed by atoms with Crippen LogP contribution < -0.4 is 15.4 Å². The molecule has 5 heteroatoms. The van der Waals surface area contributed by atoms with Gasteiger partial charge in [0.2, 0.25) is 0 Å². The lowest BCUT2D eigenvalue weighted by Gasteiger charge is -2.09. The molecule has 0 radical (unpaired) electrons. The van der Waals surface area contributed by atoms with Crippen LogP contribution in [0.25, 0.3) is 0 Å². The number of rotatable bonds is 7. The Labute approximate surface area is 135 Å². The fourth-order valence-corrected chi connectivity index (χ4v) is 2.04. The molecule has 122 valence electrons. The van der Waals surface area contributed by atoms with Gasteiger partial charge < -0.3 is 15.4 Å². The van der Waals surface area contributed by atoms with Crippen LogP contribution in [0.15, 0.2) is 48.5 Å². The molecule has 2 aromatic carbocycles. The van der Waals surface area contributed by atoms with E-state index in [1.54, 1.807) is 18.2 Å². The van der Waals surface area contributed by atoms with Gasteiger partial charge in [0, 0.05) is 6.54 Å². The molecule has 2 amide bonds. The lowest BCUT2D eigenvalue weighted by Crippen LogP contribution is -2.38. The molecule has 0 heterocycles. The largest absolute Gasteiger partial charge is 0.492 e. The summed E-state index contributed by atoms with van der Waals surface area (Å²) in [6, 6.07) is 14.0. The predicted octanol–water partition coefficient (Wildman–Crippen LogP) is 3.05. The summed E-state index contributed by atoms with van der Waals surface area (Å²) < 4.78 is 18.9. The van der Waals surface area contributed by atoms with Crippen molar-refractivity contribution in [3.05, 3.63) is 65.5 Å². The summed E-state index contributed by atoms with van der Waals surface area (Å²) in [7, 11) is 0. The first-order valence-electron chi connectivity index (χ1n) is 7.60. The van der Waals surface area contributed by atoms with Crippen LogP contribution in [0.1, 0.15) is 11.1 Å². The normalized spacial score (nSPS) is 10.2. The molecule has 23 heavy (non-hydrogen) atoms. The Morgan fingerprint density at radius 1 is 1.04 bits per heavy atom. The Bertz CT molecular complexity index is 629. The Morgan fingerprint density at radius 2 is 1.74 bits per heavy atom. The zero-order chi connectivity index (χ0) is 16.5. The second kappa shape index (κ2) is 8.78. The monoisotopic (exact) mass is 316 g/mol. The van der Waals surface area contributed by atoms with Crippen molar-refractivity contribution in [3.63, 3.8) is 0 Å². The standard InChI is InChI=1S/C18H21FN2O2/c1-14-6-8-16(9-7-14)23-13-12-21-18(22)20-11-10-15-4-2-3-5-17(15)19/h2-9H,10-13H2,1H3,(H2,20,21,22). The van der Waals surface area contributed by atoms with E-state index in [1.165, 1.54) is 11.6 Å². The maximum absolute atomic E-state index is 13.4. The maximum atomic E-state index is 13.4. The molecule has 0 unspecified atom stereocenters. The van der Waals surface area contributed by atoms with Gasteiger partial charge in [-0.25, -0.2) is 9.18 Å². The summed E-state index contributed by atoms with van der Waals surface area (Å²) in [6.45, 7) is 3.19. The molecule has 4 nitrogen and oxygen atoms in total. The molecule has 0 bridgehead atoms. The molecule has 0 aliphatic heterocycles. The lowest BCUT2D eigenvalue weighted by molar-refractivity contribution is 0.236. The van der Waals surface area contributed by atoms with Crippen molar-refractivity contribution in [2.45, 2.75) is 13.3 Å². The Hall–Kier alpha value is -2.56. The zero-order valence-corrected chi connectivity index (χ0v) is 13.1. The highest BCUT2D eigenvalue weighted by molar-refractivity contribution is 5.73. The van der Waals surface area contributed by atoms with Crippen LogP contribution in [0.5, 0.6) is 5.75 Å². The SMILES string of the molecule is Cc1ccc(OCCNC(=O)NCCc2ccccc2F)cc1. The van der Waals surface area contributed by atoms with Gasteiger partial charge >= 0.3 is 6.03 Å². The molecular formula is C18H21FN2O2. The van der Waals surface area contributed by atoms with E-state index in [0.29, 0.717) is 31.7 Å². The van der Waals surface area contributed by atoms with Crippen molar-refractivity contribution < 1.29 is 13.9 Å². The van der Waals surface area contributed by atoms with Crippen molar-refractivity contribution in [1.82, 2.24) is 10.6 Å². The fraction of sp³-hybridized carbons (Fsp3) is 0.278. The van der Waals surface area contributed by atoms with Gasteiger partial charge in [0.05, 0.1) is 6.54 Å². The summed E-state index contributed by atoms with van der Waals surface area (Å²) in [5.41, 5.74) is 1.76. The third-order valence-corrected chi connectivity index (χ3v) is 3.32. The quantitative estimate of drug-likeness (QED) is 0.771. The molecule has 0 aliphatic carbocycles. The van der Waals surface area contributed by atoms with Gasteiger partial charge in [0.15, 0.2) is 0 Å². The number of aryl methyl sites for hydroxylation is 1. The van der Waals surface area contributed by atoms with E-state index in [4.69, 9.17) is 4.74 Å². The van der Waals surface area contributed by atoms with E-state index in [9.17, 15) is 9.18 Å². The van der Waals surface area contributed by atoms with Crippen LogP contribution in [-0.2, 0) is 6.42 Å². The van der Waals surface area contributed by atoms with E-state index in [1.807, 2.05) is 31.2 Å². The number of hydrogen-bond acceptors (Lipinski definition) is 2. The summed E-state index contributed by atoms with van der Waals surface area (Å²) in [5, 5.41) is 5.39. The molecule has 0 saturated carbocycles. The molecule has 0 aliphatic rings. The summed E-state index contributed by atoms with van der Waals surface area (Å²) in [4.78, 5) is 11.6. The predicted molar refractivity (Wildman–Crippen MR) is 88.2 cm³/mol. The van der Waals surface area contributed by atoms with Gasteiger partial charge in [0.1, 0.15) is 18.2 Å². The minimum absolute atomic E-state index is 0.249. The minimum Gasteiger partial charge on any atom is -0.492 e. The lowest BCUT2D eigenvalue weighted by atomic mass is 10.1. The number of nitrogens with one attached hydrogen (secondary N) is 2. The van der Waals surface area contributed by atoms with E-state index < -0.39 is 0 Å². The van der Waals surface area contributed by atoms with E-state index >= 15 is 0 Å². The second-order valence-corrected chi connectivity index (χ2v) is 5.19. The Balaban J connectivity index is 1.58. The Morgan fingerprint density at radius 3 is 2.48 bits per heavy atom. The third kappa shape index (κ3) is 5.98. The molecule has 0 spiro atoms. The topological polar surface area (TPSA) is 50.4 Å².